The van der Waals surface area contributed by atoms with Gasteiger partial charge >= 0.3 is 0 Å². The largest absolute Gasteiger partial charge is 0.369 e. The number of piperazine rings is 1. The van der Waals surface area contributed by atoms with Crippen molar-refractivity contribution in [3.8, 4) is 0 Å². The molecule has 0 radical (unpaired) electrons. The fraction of sp³-hybridized carbons (Fsp3) is 0.348. The van der Waals surface area contributed by atoms with Gasteiger partial charge in [0.1, 0.15) is 0 Å². The van der Waals surface area contributed by atoms with Gasteiger partial charge in [0.25, 0.3) is 11.5 Å². The molecule has 0 unspecified atom stereocenters. The summed E-state index contributed by atoms with van der Waals surface area (Å²) >= 11 is 0. The molecule has 7 nitrogen and oxygen atoms in total. The molecule has 1 aliphatic heterocycles. The summed E-state index contributed by atoms with van der Waals surface area (Å²) in [7, 11) is 1.57. The highest BCUT2D eigenvalue weighted by Gasteiger charge is 2.21. The molecule has 3 aromatic rings. The molecule has 0 aliphatic carbocycles. The number of hydrogen-bond donors (Lipinski definition) is 1. The Morgan fingerprint density at radius 2 is 1.70 bits per heavy atom. The van der Waals surface area contributed by atoms with Crippen molar-refractivity contribution in [2.45, 2.75) is 20.5 Å². The molecular weight excluding hydrogens is 378 g/mol. The van der Waals surface area contributed by atoms with Crippen LogP contribution in [0.4, 0.5) is 5.69 Å². The van der Waals surface area contributed by atoms with E-state index in [2.05, 4.69) is 52.3 Å². The predicted molar refractivity (Wildman–Crippen MR) is 119 cm³/mol. The normalized spacial score (nSPS) is 14.8. The number of nitrogens with one attached hydrogen (secondary N) is 1. The van der Waals surface area contributed by atoms with Gasteiger partial charge in [0.05, 0.1) is 12.1 Å². The minimum atomic E-state index is -0.292. The Hall–Kier alpha value is -3.19. The number of rotatable bonds is 4. The molecule has 1 saturated heterocycles. The summed E-state index contributed by atoms with van der Waals surface area (Å²) in [5.41, 5.74) is 3.99. The van der Waals surface area contributed by atoms with Gasteiger partial charge in [0, 0.05) is 44.3 Å². The second-order valence-corrected chi connectivity index (χ2v) is 7.74. The molecule has 2 aromatic carbocycles. The lowest BCUT2D eigenvalue weighted by Gasteiger charge is -2.37. The number of anilines is 1. The van der Waals surface area contributed by atoms with Gasteiger partial charge in [0.2, 0.25) is 0 Å². The lowest BCUT2D eigenvalue weighted by atomic mass is 10.1. The van der Waals surface area contributed by atoms with Crippen LogP contribution in [0.3, 0.4) is 0 Å². The summed E-state index contributed by atoms with van der Waals surface area (Å²) in [6, 6.07) is 13.5. The predicted octanol–water partition coefficient (Wildman–Crippen LogP) is 2.15. The van der Waals surface area contributed by atoms with E-state index in [0.717, 1.165) is 26.2 Å². The number of hydrogen-bond acceptors (Lipinski definition) is 5. The van der Waals surface area contributed by atoms with E-state index >= 15 is 0 Å². The van der Waals surface area contributed by atoms with Gasteiger partial charge in [-0.1, -0.05) is 30.3 Å². The molecule has 0 spiro atoms. The molecule has 0 bridgehead atoms. The summed E-state index contributed by atoms with van der Waals surface area (Å²) in [5, 5.41) is 8.12. The van der Waals surface area contributed by atoms with E-state index < -0.39 is 0 Å². The molecule has 1 fully saturated rings. The molecule has 0 atom stereocenters. The molecule has 0 saturated carbocycles. The van der Waals surface area contributed by atoms with Crippen molar-refractivity contribution in [1.82, 2.24) is 20.0 Å². The van der Waals surface area contributed by atoms with Gasteiger partial charge in [-0.3, -0.25) is 14.5 Å². The van der Waals surface area contributed by atoms with E-state index in [1.54, 1.807) is 19.2 Å². The van der Waals surface area contributed by atoms with Crippen LogP contribution in [0.5, 0.6) is 0 Å². The topological polar surface area (TPSA) is 70.5 Å². The van der Waals surface area contributed by atoms with E-state index in [-0.39, 0.29) is 17.2 Å². The zero-order chi connectivity index (χ0) is 21.3. The van der Waals surface area contributed by atoms with Crippen LogP contribution in [-0.2, 0) is 6.67 Å². The molecule has 1 N–H and O–H groups in total. The zero-order valence-corrected chi connectivity index (χ0v) is 17.7. The van der Waals surface area contributed by atoms with E-state index in [1.807, 2.05) is 12.1 Å². The first-order valence-electron chi connectivity index (χ1n) is 10.2. The Bertz CT molecular complexity index is 1150. The quantitative estimate of drug-likeness (QED) is 0.720. The highest BCUT2D eigenvalue weighted by molar-refractivity contribution is 6.04. The number of carbonyl (C=O) groups excluding carboxylic acids is 1. The van der Waals surface area contributed by atoms with Crippen LogP contribution in [0.2, 0.25) is 0 Å². The maximum Gasteiger partial charge on any atom is 0.275 e. The average Bonchev–Trinajstić information content (AvgIpc) is 2.78. The summed E-state index contributed by atoms with van der Waals surface area (Å²) in [6.07, 6.45) is 0. The second-order valence-electron chi connectivity index (χ2n) is 7.74. The van der Waals surface area contributed by atoms with Gasteiger partial charge in [-0.05, 0) is 37.1 Å². The third-order valence-electron chi connectivity index (χ3n) is 5.93. The lowest BCUT2D eigenvalue weighted by molar-refractivity contribution is 0.0955. The smallest absolute Gasteiger partial charge is 0.275 e. The fourth-order valence-corrected chi connectivity index (χ4v) is 4.01. The summed E-state index contributed by atoms with van der Waals surface area (Å²) in [5.74, 6) is -0.292. The molecule has 7 heteroatoms. The SMILES string of the molecule is CNC(=O)c1nn(CN2CCN(c3cccc(C)c3C)CC2)c(=O)c2ccccc12. The van der Waals surface area contributed by atoms with Crippen molar-refractivity contribution in [2.24, 2.45) is 0 Å². The number of fused-ring (bicyclic) bond motifs is 1. The Morgan fingerprint density at radius 1 is 1.00 bits per heavy atom. The molecule has 156 valence electrons. The standard InChI is InChI=1S/C23H27N5O2/c1-16-7-6-10-20(17(16)2)27-13-11-26(12-14-27)15-28-23(30)19-9-5-4-8-18(19)21(25-28)22(29)24-3/h4-10H,11-15H2,1-3H3,(H,24,29). The molecule has 1 aliphatic rings. The van der Waals surface area contributed by atoms with Crippen LogP contribution in [0.15, 0.2) is 47.3 Å². The summed E-state index contributed by atoms with van der Waals surface area (Å²) in [4.78, 5) is 29.9. The lowest BCUT2D eigenvalue weighted by Crippen LogP contribution is -2.48. The van der Waals surface area contributed by atoms with E-state index in [4.69, 9.17) is 0 Å². The number of aromatic nitrogens is 2. The van der Waals surface area contributed by atoms with Gasteiger partial charge < -0.3 is 10.2 Å². The molecule has 2 heterocycles. The first-order valence-corrected chi connectivity index (χ1v) is 10.2. The van der Waals surface area contributed by atoms with Gasteiger partial charge in [0.15, 0.2) is 5.69 Å². The van der Waals surface area contributed by atoms with Crippen LogP contribution >= 0.6 is 0 Å². The molecular formula is C23H27N5O2. The number of aryl methyl sites for hydroxylation is 1. The monoisotopic (exact) mass is 405 g/mol. The van der Waals surface area contributed by atoms with Crippen LogP contribution in [0, 0.1) is 13.8 Å². The van der Waals surface area contributed by atoms with Crippen LogP contribution in [-0.4, -0.2) is 53.8 Å². The molecule has 1 aromatic heterocycles. The van der Waals surface area contributed by atoms with Crippen molar-refractivity contribution < 1.29 is 4.79 Å². The third kappa shape index (κ3) is 3.68. The van der Waals surface area contributed by atoms with Gasteiger partial charge in [-0.25, -0.2) is 4.68 Å². The highest BCUT2D eigenvalue weighted by Crippen LogP contribution is 2.24. The highest BCUT2D eigenvalue weighted by atomic mass is 16.2. The second kappa shape index (κ2) is 8.28. The number of benzene rings is 2. The van der Waals surface area contributed by atoms with Crippen LogP contribution < -0.4 is 15.8 Å². The third-order valence-corrected chi connectivity index (χ3v) is 5.93. The minimum Gasteiger partial charge on any atom is -0.369 e. The van der Waals surface area contributed by atoms with Crippen molar-refractivity contribution in [2.75, 3.05) is 38.1 Å². The van der Waals surface area contributed by atoms with Crippen molar-refractivity contribution >= 4 is 22.4 Å². The Morgan fingerprint density at radius 3 is 2.40 bits per heavy atom. The van der Waals surface area contributed by atoms with Crippen molar-refractivity contribution in [3.63, 3.8) is 0 Å². The molecule has 1 amide bonds. The average molecular weight is 406 g/mol. The minimum absolute atomic E-state index is 0.171. The Labute approximate surface area is 175 Å². The number of nitrogens with zero attached hydrogens (tertiary/aromatic N) is 4. The zero-order valence-electron chi connectivity index (χ0n) is 17.7. The first kappa shape index (κ1) is 20.1. The van der Waals surface area contributed by atoms with Crippen molar-refractivity contribution in [3.05, 3.63) is 69.6 Å². The Kier molecular flexibility index (Phi) is 5.55. The Balaban J connectivity index is 1.56. The maximum absolute atomic E-state index is 13.0. The number of carbonyl (C=O) groups is 1. The summed E-state index contributed by atoms with van der Waals surface area (Å²) < 4.78 is 1.42. The van der Waals surface area contributed by atoms with Crippen molar-refractivity contribution in [1.29, 1.82) is 0 Å². The number of amides is 1. The first-order chi connectivity index (χ1) is 14.5. The van der Waals surface area contributed by atoms with Crippen LogP contribution in [0.25, 0.3) is 10.8 Å². The van der Waals surface area contributed by atoms with E-state index in [1.165, 1.54) is 21.5 Å². The van der Waals surface area contributed by atoms with E-state index in [0.29, 0.717) is 17.4 Å². The fourth-order valence-electron chi connectivity index (χ4n) is 4.01. The van der Waals surface area contributed by atoms with E-state index in [9.17, 15) is 9.59 Å². The molecule has 4 rings (SSSR count). The maximum atomic E-state index is 13.0. The van der Waals surface area contributed by atoms with Gasteiger partial charge in [-0.15, -0.1) is 0 Å². The summed E-state index contributed by atoms with van der Waals surface area (Å²) in [6.45, 7) is 8.08. The molecule has 30 heavy (non-hydrogen) atoms. The van der Waals surface area contributed by atoms with Gasteiger partial charge in [-0.2, -0.15) is 5.10 Å². The van der Waals surface area contributed by atoms with Crippen LogP contribution in [0.1, 0.15) is 21.6 Å².